The first-order valence-electron chi connectivity index (χ1n) is 3.40. The molecular formula is C7H7F2O3P. The molecule has 1 aromatic rings. The van der Waals surface area contributed by atoms with Crippen molar-refractivity contribution in [3.05, 3.63) is 35.4 Å². The average Bonchev–Trinajstić information content (AvgIpc) is 2.07. The predicted octanol–water partition coefficient (Wildman–Crippen LogP) is 1.86. The highest BCUT2D eigenvalue weighted by molar-refractivity contribution is 7.32. The molecule has 72 valence electrons. The van der Waals surface area contributed by atoms with Crippen LogP contribution in [0, 0.1) is 11.6 Å². The molecule has 0 aliphatic rings. The Labute approximate surface area is 73.9 Å². The fourth-order valence-corrected chi connectivity index (χ4v) is 1.08. The van der Waals surface area contributed by atoms with E-state index >= 15 is 0 Å². The zero-order valence-electron chi connectivity index (χ0n) is 6.46. The van der Waals surface area contributed by atoms with Crippen LogP contribution in [0.4, 0.5) is 8.78 Å². The topological polar surface area (TPSA) is 46.5 Å². The second kappa shape index (κ2) is 4.46. The van der Waals surface area contributed by atoms with Gasteiger partial charge in [-0.3, -0.25) is 4.57 Å². The molecule has 1 aromatic carbocycles. The van der Waals surface area contributed by atoms with Gasteiger partial charge in [0, 0.05) is 5.56 Å². The van der Waals surface area contributed by atoms with Crippen LogP contribution in [0.5, 0.6) is 0 Å². The van der Waals surface area contributed by atoms with Crippen LogP contribution in [0.1, 0.15) is 5.56 Å². The maximum absolute atomic E-state index is 12.8. The third-order valence-electron chi connectivity index (χ3n) is 1.38. The molecule has 1 rings (SSSR count). The molecule has 0 aliphatic carbocycles. The van der Waals surface area contributed by atoms with E-state index in [-0.39, 0.29) is 5.56 Å². The summed E-state index contributed by atoms with van der Waals surface area (Å²) in [5, 5.41) is 0. The van der Waals surface area contributed by atoms with E-state index in [0.717, 1.165) is 6.07 Å². The van der Waals surface area contributed by atoms with E-state index < -0.39 is 26.5 Å². The standard InChI is InChI=1S/C7H7F2O3P/c8-6-3-1-2-5(7(6)9)4-12-13(10)11/h1-3,13H,4H2,(H,10,11). The molecule has 0 heterocycles. The fourth-order valence-electron chi connectivity index (χ4n) is 0.799. The van der Waals surface area contributed by atoms with Crippen molar-refractivity contribution < 1.29 is 22.8 Å². The number of benzene rings is 1. The third-order valence-corrected chi connectivity index (χ3v) is 1.77. The Morgan fingerprint density at radius 3 is 2.77 bits per heavy atom. The van der Waals surface area contributed by atoms with E-state index in [4.69, 9.17) is 4.89 Å². The molecule has 1 atom stereocenters. The number of halogens is 2. The summed E-state index contributed by atoms with van der Waals surface area (Å²) in [6.07, 6.45) is 0. The first kappa shape index (κ1) is 10.3. The summed E-state index contributed by atoms with van der Waals surface area (Å²) in [5.41, 5.74) is -0.0765. The minimum Gasteiger partial charge on any atom is -0.326 e. The highest BCUT2D eigenvalue weighted by Gasteiger charge is 2.07. The van der Waals surface area contributed by atoms with Crippen molar-refractivity contribution >= 4 is 8.25 Å². The average molecular weight is 208 g/mol. The molecule has 0 aromatic heterocycles. The molecule has 1 unspecified atom stereocenters. The van der Waals surface area contributed by atoms with Crippen LogP contribution in [-0.4, -0.2) is 4.89 Å². The highest BCUT2D eigenvalue weighted by Crippen LogP contribution is 2.20. The molecule has 0 saturated carbocycles. The van der Waals surface area contributed by atoms with Crippen molar-refractivity contribution in [2.24, 2.45) is 0 Å². The third kappa shape index (κ3) is 2.88. The Morgan fingerprint density at radius 1 is 1.46 bits per heavy atom. The predicted molar refractivity (Wildman–Crippen MR) is 42.4 cm³/mol. The summed E-state index contributed by atoms with van der Waals surface area (Å²) >= 11 is 0. The van der Waals surface area contributed by atoms with Crippen LogP contribution in [-0.2, 0) is 15.7 Å². The largest absolute Gasteiger partial charge is 0.326 e. The number of hydrogen-bond acceptors (Lipinski definition) is 2. The van der Waals surface area contributed by atoms with Gasteiger partial charge < -0.3 is 9.42 Å². The van der Waals surface area contributed by atoms with Gasteiger partial charge in [0.25, 0.3) is 0 Å². The van der Waals surface area contributed by atoms with Gasteiger partial charge in [-0.1, -0.05) is 12.1 Å². The number of hydrogen-bond donors (Lipinski definition) is 1. The molecule has 0 bridgehead atoms. The monoisotopic (exact) mass is 208 g/mol. The quantitative estimate of drug-likeness (QED) is 0.771. The summed E-state index contributed by atoms with van der Waals surface area (Å²) in [6.45, 7) is -0.405. The van der Waals surface area contributed by atoms with Crippen LogP contribution < -0.4 is 0 Å². The van der Waals surface area contributed by atoms with Crippen molar-refractivity contribution in [2.45, 2.75) is 6.61 Å². The van der Waals surface area contributed by atoms with Crippen molar-refractivity contribution in [3.8, 4) is 0 Å². The molecule has 6 heteroatoms. The zero-order chi connectivity index (χ0) is 9.84. The molecule has 0 amide bonds. The SMILES string of the molecule is O=[PH](O)OCc1cccc(F)c1F. The Bertz CT molecular complexity index is 330. The van der Waals surface area contributed by atoms with Gasteiger partial charge in [0.15, 0.2) is 11.6 Å². The van der Waals surface area contributed by atoms with E-state index in [1.165, 1.54) is 12.1 Å². The molecule has 0 fully saturated rings. The van der Waals surface area contributed by atoms with E-state index in [0.29, 0.717) is 0 Å². The Hall–Kier alpha value is -0.770. The zero-order valence-corrected chi connectivity index (χ0v) is 7.46. The Balaban J connectivity index is 2.77. The highest BCUT2D eigenvalue weighted by atomic mass is 31.1. The second-order valence-electron chi connectivity index (χ2n) is 2.27. The molecule has 0 saturated heterocycles. The normalized spacial score (nSPS) is 12.8. The number of rotatable bonds is 3. The Kier molecular flexibility index (Phi) is 3.54. The van der Waals surface area contributed by atoms with Crippen LogP contribution in [0.2, 0.25) is 0 Å². The van der Waals surface area contributed by atoms with E-state index in [1.807, 2.05) is 0 Å². The summed E-state index contributed by atoms with van der Waals surface area (Å²) in [7, 11) is -3.10. The van der Waals surface area contributed by atoms with Gasteiger partial charge in [-0.15, -0.1) is 0 Å². The molecule has 13 heavy (non-hydrogen) atoms. The maximum atomic E-state index is 12.8. The molecule has 0 spiro atoms. The van der Waals surface area contributed by atoms with Gasteiger partial charge in [-0.05, 0) is 6.07 Å². The van der Waals surface area contributed by atoms with Crippen LogP contribution in [0.25, 0.3) is 0 Å². The summed E-state index contributed by atoms with van der Waals surface area (Å²) in [5.74, 6) is -2.05. The second-order valence-corrected chi connectivity index (χ2v) is 3.09. The molecule has 3 nitrogen and oxygen atoms in total. The summed E-state index contributed by atoms with van der Waals surface area (Å²) in [6, 6.07) is 3.54. The first-order chi connectivity index (χ1) is 6.11. The maximum Gasteiger partial charge on any atom is 0.316 e. The minimum absolute atomic E-state index is 0.0765. The van der Waals surface area contributed by atoms with Gasteiger partial charge in [-0.25, -0.2) is 8.78 Å². The molecule has 0 radical (unpaired) electrons. The van der Waals surface area contributed by atoms with Crippen LogP contribution in [0.15, 0.2) is 18.2 Å². The van der Waals surface area contributed by atoms with Gasteiger partial charge in [0.2, 0.25) is 0 Å². The van der Waals surface area contributed by atoms with Gasteiger partial charge in [0.1, 0.15) is 0 Å². The van der Waals surface area contributed by atoms with Crippen molar-refractivity contribution in [1.29, 1.82) is 0 Å². The molecule has 0 aliphatic heterocycles. The van der Waals surface area contributed by atoms with E-state index in [2.05, 4.69) is 4.52 Å². The van der Waals surface area contributed by atoms with Crippen LogP contribution in [0.3, 0.4) is 0 Å². The first-order valence-corrected chi connectivity index (χ1v) is 4.66. The van der Waals surface area contributed by atoms with Crippen molar-refractivity contribution in [3.63, 3.8) is 0 Å². The summed E-state index contributed by atoms with van der Waals surface area (Å²) in [4.78, 5) is 8.28. The smallest absolute Gasteiger partial charge is 0.316 e. The molecule has 1 N–H and O–H groups in total. The van der Waals surface area contributed by atoms with E-state index in [1.54, 1.807) is 0 Å². The minimum atomic E-state index is -3.10. The van der Waals surface area contributed by atoms with Crippen molar-refractivity contribution in [2.75, 3.05) is 0 Å². The van der Waals surface area contributed by atoms with Gasteiger partial charge in [-0.2, -0.15) is 0 Å². The van der Waals surface area contributed by atoms with Crippen molar-refractivity contribution in [1.82, 2.24) is 0 Å². The lowest BCUT2D eigenvalue weighted by Crippen LogP contribution is -1.94. The lowest BCUT2D eigenvalue weighted by molar-refractivity contribution is 0.266. The van der Waals surface area contributed by atoms with Crippen LogP contribution >= 0.6 is 8.25 Å². The lowest BCUT2D eigenvalue weighted by Gasteiger charge is -2.02. The summed E-state index contributed by atoms with van der Waals surface area (Å²) < 4.78 is 39.7. The fraction of sp³-hybridized carbons (Fsp3) is 0.143. The lowest BCUT2D eigenvalue weighted by atomic mass is 10.2. The van der Waals surface area contributed by atoms with Gasteiger partial charge in [0.05, 0.1) is 6.61 Å². The Morgan fingerprint density at radius 2 is 2.15 bits per heavy atom. The van der Waals surface area contributed by atoms with E-state index in [9.17, 15) is 13.3 Å². The van der Waals surface area contributed by atoms with Gasteiger partial charge >= 0.3 is 8.25 Å². The molecular weight excluding hydrogens is 201 g/mol.